The van der Waals surface area contributed by atoms with Gasteiger partial charge in [-0.3, -0.25) is 9.69 Å². The maximum Gasteiger partial charge on any atom is 0.271 e. The van der Waals surface area contributed by atoms with Crippen LogP contribution in [0.4, 0.5) is 10.2 Å². The third-order valence-corrected chi connectivity index (χ3v) is 7.00. The Morgan fingerprint density at radius 3 is 2.68 bits per heavy atom. The number of nitrogens with zero attached hydrogens (tertiary/aromatic N) is 4. The fraction of sp³-hybridized carbons (Fsp3) is 0.435. The fourth-order valence-electron chi connectivity index (χ4n) is 4.07. The van der Waals surface area contributed by atoms with Crippen LogP contribution in [-0.2, 0) is 9.84 Å². The number of halogens is 2. The van der Waals surface area contributed by atoms with Crippen LogP contribution in [0, 0.1) is 5.82 Å². The Labute approximate surface area is 203 Å². The van der Waals surface area contributed by atoms with Gasteiger partial charge in [-0.15, -0.1) is 0 Å². The topological polar surface area (TPSA) is 95.5 Å². The van der Waals surface area contributed by atoms with Crippen molar-refractivity contribution in [3.8, 4) is 0 Å². The summed E-state index contributed by atoms with van der Waals surface area (Å²) in [5.41, 5.74) is 0.808. The lowest BCUT2D eigenvalue weighted by Crippen LogP contribution is -2.49. The molecule has 0 spiro atoms. The minimum absolute atomic E-state index is 0.107. The largest absolute Gasteiger partial charge is 0.346 e. The molecular weight excluding hydrogens is 481 g/mol. The van der Waals surface area contributed by atoms with Crippen molar-refractivity contribution >= 4 is 33.2 Å². The minimum atomic E-state index is -3.28. The highest BCUT2D eigenvalue weighted by Gasteiger charge is 2.37. The second-order valence-corrected chi connectivity index (χ2v) is 11.1. The molecule has 1 N–H and O–H groups in total. The number of anilines is 1. The number of hydrogen-bond donors (Lipinski definition) is 1. The van der Waals surface area contributed by atoms with E-state index >= 15 is 0 Å². The molecule has 1 aromatic carbocycles. The van der Waals surface area contributed by atoms with Crippen LogP contribution in [0.15, 0.2) is 42.1 Å². The molecule has 1 saturated carbocycles. The molecule has 2 atom stereocenters. The Morgan fingerprint density at radius 1 is 1.26 bits per heavy atom. The minimum Gasteiger partial charge on any atom is -0.346 e. The van der Waals surface area contributed by atoms with Gasteiger partial charge in [0.1, 0.15) is 17.3 Å². The molecule has 2 fully saturated rings. The van der Waals surface area contributed by atoms with Crippen LogP contribution >= 0.6 is 11.6 Å². The summed E-state index contributed by atoms with van der Waals surface area (Å²) in [7, 11) is -3.28. The van der Waals surface area contributed by atoms with Crippen molar-refractivity contribution < 1.29 is 17.6 Å². The van der Waals surface area contributed by atoms with Gasteiger partial charge in [0.05, 0.1) is 23.5 Å². The van der Waals surface area contributed by atoms with E-state index in [0.717, 1.165) is 18.2 Å². The number of carbonyl (C=O) groups excluding carboxylic acids is 1. The molecule has 1 unspecified atom stereocenters. The maximum atomic E-state index is 14.2. The highest BCUT2D eigenvalue weighted by atomic mass is 35.5. The molecule has 2 aromatic rings. The number of hydrogen-bond acceptors (Lipinski definition) is 7. The molecule has 1 aliphatic heterocycles. The molecule has 182 valence electrons. The van der Waals surface area contributed by atoms with Crippen molar-refractivity contribution in [2.75, 3.05) is 30.8 Å². The van der Waals surface area contributed by atoms with Crippen LogP contribution in [-0.4, -0.2) is 67.2 Å². The SMILES string of the molecule is C[C@H](/C=C/S(C)(=O)=O)NC(=O)c1cnc(N2CCN(C3CC3)CC2c2cccc(F)c2Cl)cn1. The Hall–Kier alpha value is -2.56. The zero-order valence-corrected chi connectivity index (χ0v) is 20.6. The first kappa shape index (κ1) is 24.6. The van der Waals surface area contributed by atoms with E-state index in [0.29, 0.717) is 30.5 Å². The van der Waals surface area contributed by atoms with Gasteiger partial charge in [-0.25, -0.2) is 22.8 Å². The van der Waals surface area contributed by atoms with Gasteiger partial charge in [0, 0.05) is 43.4 Å². The number of benzene rings is 1. The molecule has 0 radical (unpaired) electrons. The molecule has 1 saturated heterocycles. The molecule has 2 aliphatic rings. The lowest BCUT2D eigenvalue weighted by molar-refractivity contribution is 0.0941. The van der Waals surface area contributed by atoms with E-state index in [1.165, 1.54) is 37.4 Å². The van der Waals surface area contributed by atoms with E-state index in [-0.39, 0.29) is 16.8 Å². The van der Waals surface area contributed by atoms with Crippen molar-refractivity contribution in [3.05, 3.63) is 64.2 Å². The van der Waals surface area contributed by atoms with Crippen LogP contribution in [0.25, 0.3) is 0 Å². The molecule has 11 heteroatoms. The van der Waals surface area contributed by atoms with Crippen LogP contribution in [0.5, 0.6) is 0 Å². The van der Waals surface area contributed by atoms with E-state index in [1.54, 1.807) is 13.0 Å². The van der Waals surface area contributed by atoms with Gasteiger partial charge in [0.2, 0.25) is 0 Å². The van der Waals surface area contributed by atoms with Crippen molar-refractivity contribution in [1.82, 2.24) is 20.2 Å². The second-order valence-electron chi connectivity index (χ2n) is 8.76. The smallest absolute Gasteiger partial charge is 0.271 e. The number of sulfone groups is 1. The Morgan fingerprint density at radius 2 is 2.03 bits per heavy atom. The number of amides is 1. The van der Waals surface area contributed by atoms with Crippen molar-refractivity contribution in [3.63, 3.8) is 0 Å². The summed E-state index contributed by atoms with van der Waals surface area (Å²) in [5.74, 6) is -0.352. The average Bonchev–Trinajstić information content (AvgIpc) is 3.64. The first-order valence-corrected chi connectivity index (χ1v) is 13.4. The van der Waals surface area contributed by atoms with E-state index in [4.69, 9.17) is 11.6 Å². The number of carbonyl (C=O) groups is 1. The lowest BCUT2D eigenvalue weighted by atomic mass is 10.0. The van der Waals surface area contributed by atoms with E-state index in [2.05, 4.69) is 20.2 Å². The summed E-state index contributed by atoms with van der Waals surface area (Å²) in [5, 5.41) is 3.82. The summed E-state index contributed by atoms with van der Waals surface area (Å²) >= 11 is 6.34. The highest BCUT2D eigenvalue weighted by molar-refractivity contribution is 7.93. The van der Waals surface area contributed by atoms with Crippen molar-refractivity contribution in [2.45, 2.75) is 37.9 Å². The molecule has 1 amide bonds. The number of nitrogens with one attached hydrogen (secondary N) is 1. The third kappa shape index (κ3) is 5.92. The standard InChI is InChI=1S/C23H27ClFN5O3S/c1-15(8-11-34(2,32)33)28-23(31)19-12-27-21(13-26-19)30-10-9-29(16-6-7-16)14-20(30)17-4-3-5-18(25)22(17)24/h3-5,8,11-13,15-16,20H,6-7,9-10,14H2,1-2H3,(H,28,31)/b11-8+/t15-,20?/m1/s1. The lowest BCUT2D eigenvalue weighted by Gasteiger charge is -2.42. The number of aromatic nitrogens is 2. The van der Waals surface area contributed by atoms with Crippen LogP contribution in [0.3, 0.4) is 0 Å². The van der Waals surface area contributed by atoms with Gasteiger partial charge in [-0.1, -0.05) is 29.8 Å². The monoisotopic (exact) mass is 507 g/mol. The van der Waals surface area contributed by atoms with Gasteiger partial charge in [-0.05, 0) is 31.4 Å². The van der Waals surface area contributed by atoms with Crippen LogP contribution in [0.2, 0.25) is 5.02 Å². The molecule has 1 aromatic heterocycles. The summed E-state index contributed by atoms with van der Waals surface area (Å²) in [6, 6.07) is 4.69. The zero-order valence-electron chi connectivity index (χ0n) is 19.0. The Bertz CT molecular complexity index is 1190. The van der Waals surface area contributed by atoms with Crippen LogP contribution in [0.1, 0.15) is 41.9 Å². The summed E-state index contributed by atoms with van der Waals surface area (Å²) in [4.78, 5) is 25.7. The number of rotatable bonds is 7. The van der Waals surface area contributed by atoms with Gasteiger partial charge in [0.15, 0.2) is 9.84 Å². The predicted octanol–water partition coefficient (Wildman–Crippen LogP) is 2.97. The number of piperazine rings is 1. The van der Waals surface area contributed by atoms with Gasteiger partial charge < -0.3 is 10.2 Å². The Kier molecular flexibility index (Phi) is 7.20. The zero-order chi connectivity index (χ0) is 24.5. The highest BCUT2D eigenvalue weighted by Crippen LogP contribution is 2.38. The fourth-order valence-corrected chi connectivity index (χ4v) is 4.84. The molecular formula is C23H27ClFN5O3S. The average molecular weight is 508 g/mol. The van der Waals surface area contributed by atoms with Crippen molar-refractivity contribution in [2.24, 2.45) is 0 Å². The van der Waals surface area contributed by atoms with Gasteiger partial charge >= 0.3 is 0 Å². The van der Waals surface area contributed by atoms with E-state index in [9.17, 15) is 17.6 Å². The van der Waals surface area contributed by atoms with E-state index < -0.39 is 27.6 Å². The van der Waals surface area contributed by atoms with E-state index in [1.807, 2.05) is 11.0 Å². The second kappa shape index (κ2) is 9.97. The Balaban J connectivity index is 1.52. The molecule has 0 bridgehead atoms. The van der Waals surface area contributed by atoms with Crippen LogP contribution < -0.4 is 10.2 Å². The first-order chi connectivity index (χ1) is 16.1. The molecule has 4 rings (SSSR count). The van der Waals surface area contributed by atoms with Crippen molar-refractivity contribution in [1.29, 1.82) is 0 Å². The molecule has 1 aliphatic carbocycles. The molecule has 34 heavy (non-hydrogen) atoms. The maximum absolute atomic E-state index is 14.2. The molecule has 2 heterocycles. The first-order valence-electron chi connectivity index (χ1n) is 11.1. The summed E-state index contributed by atoms with van der Waals surface area (Å²) in [6.07, 6.45) is 7.73. The quantitative estimate of drug-likeness (QED) is 0.615. The van der Waals surface area contributed by atoms with Gasteiger partial charge in [-0.2, -0.15) is 0 Å². The molecule has 8 nitrogen and oxygen atoms in total. The summed E-state index contributed by atoms with van der Waals surface area (Å²) in [6.45, 7) is 3.87. The summed E-state index contributed by atoms with van der Waals surface area (Å²) < 4.78 is 36.7. The van der Waals surface area contributed by atoms with Gasteiger partial charge in [0.25, 0.3) is 5.91 Å². The normalized spacial score (nSPS) is 20.5. The predicted molar refractivity (Wildman–Crippen MR) is 129 cm³/mol. The third-order valence-electron chi connectivity index (χ3n) is 5.95.